The Balaban J connectivity index is 2.93. The fourth-order valence-electron chi connectivity index (χ4n) is 0.446. The van der Waals surface area contributed by atoms with Gasteiger partial charge in [-0.2, -0.15) is 0 Å². The second kappa shape index (κ2) is 2.13. The number of hydrogen-bond acceptors (Lipinski definition) is 1. The molecule has 0 unspecified atom stereocenters. The summed E-state index contributed by atoms with van der Waals surface area (Å²) in [5, 5.41) is 0. The minimum Gasteiger partial charge on any atom is -0.367 e. The van der Waals surface area contributed by atoms with Crippen molar-refractivity contribution in [2.45, 2.75) is 0 Å². The topological polar surface area (TPSA) is 32.9 Å². The van der Waals surface area contributed by atoms with E-state index in [4.69, 9.17) is 0 Å². The summed E-state index contributed by atoms with van der Waals surface area (Å²) in [6.07, 6.45) is 3.34. The molecule has 0 bridgehead atoms. The van der Waals surface area contributed by atoms with Crippen molar-refractivity contribution in [2.75, 3.05) is 0 Å². The molecule has 0 aliphatic rings. The smallest absolute Gasteiger partial charge is 0.229 e. The van der Waals surface area contributed by atoms with Crippen molar-refractivity contribution in [1.29, 1.82) is 0 Å². The molecule has 42 valence electrons. The number of hydrogen-bond donors (Lipinski definition) is 1. The fraction of sp³-hybridized carbons (Fsp3) is 0. The molecule has 8 heavy (non-hydrogen) atoms. The predicted octanol–water partition coefficient (Wildman–Crippen LogP) is 1.55. The molecular formula is C5H4BrNO. The predicted molar refractivity (Wildman–Crippen MR) is 34.1 cm³/mol. The van der Waals surface area contributed by atoms with E-state index >= 15 is 0 Å². The molecule has 1 aromatic rings. The molecule has 1 heterocycles. The van der Waals surface area contributed by atoms with Gasteiger partial charge < -0.3 is 4.98 Å². The molecule has 1 aromatic heterocycles. The van der Waals surface area contributed by atoms with E-state index in [-0.39, 0.29) is 4.69 Å². The third-order valence-electron chi connectivity index (χ3n) is 0.825. The highest BCUT2D eigenvalue weighted by Gasteiger charge is 1.96. The lowest BCUT2D eigenvalue weighted by molar-refractivity contribution is 0.109. The SMILES string of the molecule is O=C(Br)c1cc[nH]c1. The normalized spacial score (nSPS) is 9.12. The average molecular weight is 174 g/mol. The minimum atomic E-state index is -0.0845. The van der Waals surface area contributed by atoms with Crippen molar-refractivity contribution in [3.8, 4) is 0 Å². The van der Waals surface area contributed by atoms with E-state index in [2.05, 4.69) is 20.9 Å². The Labute approximate surface area is 55.0 Å². The van der Waals surface area contributed by atoms with Crippen LogP contribution < -0.4 is 0 Å². The number of nitrogens with one attached hydrogen (secondary N) is 1. The van der Waals surface area contributed by atoms with Crippen LogP contribution in [0, 0.1) is 0 Å². The van der Waals surface area contributed by atoms with Crippen LogP contribution in [0.5, 0.6) is 0 Å². The van der Waals surface area contributed by atoms with Crippen molar-refractivity contribution in [3.63, 3.8) is 0 Å². The van der Waals surface area contributed by atoms with Gasteiger partial charge in [-0.25, -0.2) is 0 Å². The monoisotopic (exact) mass is 173 g/mol. The second-order valence-electron chi connectivity index (χ2n) is 1.37. The van der Waals surface area contributed by atoms with Gasteiger partial charge >= 0.3 is 0 Å². The van der Waals surface area contributed by atoms with Crippen LogP contribution in [0.15, 0.2) is 18.5 Å². The van der Waals surface area contributed by atoms with Crippen LogP contribution in [0.1, 0.15) is 10.4 Å². The molecule has 2 nitrogen and oxygen atoms in total. The van der Waals surface area contributed by atoms with Gasteiger partial charge in [-0.1, -0.05) is 0 Å². The van der Waals surface area contributed by atoms with Crippen LogP contribution in [-0.4, -0.2) is 9.68 Å². The summed E-state index contributed by atoms with van der Waals surface area (Å²) in [5.74, 6) is 0. The maximum Gasteiger partial charge on any atom is 0.229 e. The van der Waals surface area contributed by atoms with E-state index in [0.717, 1.165) is 0 Å². The molecule has 0 aliphatic heterocycles. The van der Waals surface area contributed by atoms with E-state index in [9.17, 15) is 4.79 Å². The molecule has 0 spiro atoms. The van der Waals surface area contributed by atoms with Gasteiger partial charge in [-0.05, 0) is 22.0 Å². The molecule has 0 saturated carbocycles. The van der Waals surface area contributed by atoms with Crippen molar-refractivity contribution in [2.24, 2.45) is 0 Å². The summed E-state index contributed by atoms with van der Waals surface area (Å²) in [7, 11) is 0. The quantitative estimate of drug-likeness (QED) is 0.643. The van der Waals surface area contributed by atoms with E-state index < -0.39 is 0 Å². The Bertz CT molecular complexity index is 180. The van der Waals surface area contributed by atoms with E-state index in [1.54, 1.807) is 18.5 Å². The molecule has 3 heteroatoms. The fourth-order valence-corrected chi connectivity index (χ4v) is 0.693. The summed E-state index contributed by atoms with van der Waals surface area (Å²) in [5.41, 5.74) is 0.657. The number of H-pyrrole nitrogens is 1. The Morgan fingerprint density at radius 3 is 2.75 bits per heavy atom. The molecule has 1 rings (SSSR count). The molecule has 0 fully saturated rings. The lowest BCUT2D eigenvalue weighted by Crippen LogP contribution is -1.80. The summed E-state index contributed by atoms with van der Waals surface area (Å²) < 4.78 is -0.0845. The highest BCUT2D eigenvalue weighted by atomic mass is 79.9. The van der Waals surface area contributed by atoms with Crippen LogP contribution >= 0.6 is 15.9 Å². The Hall–Kier alpha value is -0.570. The Kier molecular flexibility index (Phi) is 1.48. The number of aromatic amines is 1. The first-order chi connectivity index (χ1) is 3.80. The van der Waals surface area contributed by atoms with Crippen LogP contribution in [-0.2, 0) is 0 Å². The van der Waals surface area contributed by atoms with E-state index in [1.165, 1.54) is 0 Å². The number of carbonyl (C=O) groups is 1. The maximum atomic E-state index is 10.4. The summed E-state index contributed by atoms with van der Waals surface area (Å²) >= 11 is 2.80. The van der Waals surface area contributed by atoms with Crippen molar-refractivity contribution >= 4 is 20.6 Å². The first kappa shape index (κ1) is 5.56. The highest BCUT2D eigenvalue weighted by molar-refractivity contribution is 9.18. The first-order valence-electron chi connectivity index (χ1n) is 2.13. The highest BCUT2D eigenvalue weighted by Crippen LogP contribution is 2.01. The molecule has 0 amide bonds. The summed E-state index contributed by atoms with van der Waals surface area (Å²) in [6.45, 7) is 0. The van der Waals surface area contributed by atoms with Crippen LogP contribution in [0.25, 0.3) is 0 Å². The summed E-state index contributed by atoms with van der Waals surface area (Å²) in [6, 6.07) is 1.71. The number of rotatable bonds is 1. The Morgan fingerprint density at radius 2 is 2.50 bits per heavy atom. The van der Waals surface area contributed by atoms with Gasteiger partial charge in [0, 0.05) is 18.0 Å². The maximum absolute atomic E-state index is 10.4. The van der Waals surface area contributed by atoms with E-state index in [0.29, 0.717) is 5.56 Å². The Morgan fingerprint density at radius 1 is 1.75 bits per heavy atom. The van der Waals surface area contributed by atoms with Crippen LogP contribution in [0.3, 0.4) is 0 Å². The lowest BCUT2D eigenvalue weighted by atomic mass is 10.4. The molecule has 0 saturated heterocycles. The summed E-state index contributed by atoms with van der Waals surface area (Å²) in [4.78, 5) is 13.2. The molecule has 0 radical (unpaired) electrons. The molecule has 0 aromatic carbocycles. The van der Waals surface area contributed by atoms with Crippen molar-refractivity contribution in [3.05, 3.63) is 24.0 Å². The van der Waals surface area contributed by atoms with Gasteiger partial charge in [0.05, 0.1) is 0 Å². The number of aromatic nitrogens is 1. The zero-order chi connectivity index (χ0) is 5.98. The van der Waals surface area contributed by atoms with E-state index in [1.807, 2.05) is 0 Å². The second-order valence-corrected chi connectivity index (χ2v) is 2.09. The zero-order valence-electron chi connectivity index (χ0n) is 4.02. The van der Waals surface area contributed by atoms with Crippen LogP contribution in [0.2, 0.25) is 0 Å². The molecule has 0 aliphatic carbocycles. The van der Waals surface area contributed by atoms with Crippen molar-refractivity contribution in [1.82, 2.24) is 4.98 Å². The first-order valence-corrected chi connectivity index (χ1v) is 2.92. The largest absolute Gasteiger partial charge is 0.367 e. The zero-order valence-corrected chi connectivity index (χ0v) is 5.60. The van der Waals surface area contributed by atoms with Gasteiger partial charge in [-0.15, -0.1) is 0 Å². The third kappa shape index (κ3) is 0.980. The van der Waals surface area contributed by atoms with Crippen LogP contribution in [0.4, 0.5) is 0 Å². The van der Waals surface area contributed by atoms with Gasteiger partial charge in [-0.3, -0.25) is 4.79 Å². The number of carbonyl (C=O) groups excluding carboxylic acids is 1. The average Bonchev–Trinajstić information content (AvgIpc) is 2.12. The molecule has 1 N–H and O–H groups in total. The lowest BCUT2D eigenvalue weighted by Gasteiger charge is -1.77. The molecule has 0 atom stereocenters. The molecular weight excluding hydrogens is 170 g/mol. The van der Waals surface area contributed by atoms with Crippen molar-refractivity contribution < 1.29 is 4.79 Å². The van der Waals surface area contributed by atoms with Gasteiger partial charge in [0.2, 0.25) is 4.69 Å². The standard InChI is InChI=1S/C5H4BrNO/c6-5(8)4-1-2-7-3-4/h1-3,7H. The third-order valence-corrected chi connectivity index (χ3v) is 1.28. The van der Waals surface area contributed by atoms with Gasteiger partial charge in [0.15, 0.2) is 0 Å². The number of halogens is 1. The van der Waals surface area contributed by atoms with Gasteiger partial charge in [0.1, 0.15) is 0 Å². The minimum absolute atomic E-state index is 0.0845. The van der Waals surface area contributed by atoms with Gasteiger partial charge in [0.25, 0.3) is 0 Å².